The Morgan fingerprint density at radius 1 is 1.00 bits per heavy atom. The van der Waals surface area contributed by atoms with E-state index in [1.165, 1.54) is 12.1 Å². The van der Waals surface area contributed by atoms with Gasteiger partial charge < -0.3 is 25.2 Å². The van der Waals surface area contributed by atoms with Gasteiger partial charge in [0.15, 0.2) is 0 Å². The van der Waals surface area contributed by atoms with Crippen molar-refractivity contribution in [2.45, 2.75) is 30.9 Å². The van der Waals surface area contributed by atoms with Crippen molar-refractivity contribution in [3.8, 4) is 0 Å². The number of aliphatic hydroxyl groups is 2. The minimum atomic E-state index is -0.757. The van der Waals surface area contributed by atoms with Crippen LogP contribution in [0.15, 0.2) is 42.7 Å². The van der Waals surface area contributed by atoms with E-state index in [4.69, 9.17) is 4.74 Å². The summed E-state index contributed by atoms with van der Waals surface area (Å²) in [7, 11) is 0. The molecule has 2 saturated heterocycles. The summed E-state index contributed by atoms with van der Waals surface area (Å²) in [4.78, 5) is 13.0. The summed E-state index contributed by atoms with van der Waals surface area (Å²) in [6, 6.07) is 7.95. The Balaban J connectivity index is 0.00000181. The molecule has 0 unspecified atom stereocenters. The van der Waals surface area contributed by atoms with Crippen LogP contribution in [0.5, 0.6) is 0 Å². The molecule has 4 rings (SSSR count). The third kappa shape index (κ3) is 7.34. The number of ether oxygens (including phenoxy) is 1. The monoisotopic (exact) mass is 525 g/mol. The SMILES string of the molecule is Cl.Cl.Cl.OC[C@@H]1O[C@H](CNCc2ccc(F)cc2)[C@H](N2CCN(c3ncccn3)CC2)[C@@H]1O. The lowest BCUT2D eigenvalue weighted by molar-refractivity contribution is -0.0213. The van der Waals surface area contributed by atoms with Crippen LogP contribution in [0.4, 0.5) is 10.3 Å². The third-order valence-electron chi connectivity index (χ3n) is 5.80. The lowest BCUT2D eigenvalue weighted by Crippen LogP contribution is -2.57. The van der Waals surface area contributed by atoms with E-state index < -0.39 is 12.2 Å². The van der Waals surface area contributed by atoms with Gasteiger partial charge in [0, 0.05) is 51.7 Å². The number of nitrogens with one attached hydrogen (secondary N) is 1. The third-order valence-corrected chi connectivity index (χ3v) is 5.80. The van der Waals surface area contributed by atoms with Crippen LogP contribution in [0.3, 0.4) is 0 Å². The molecule has 3 heterocycles. The molecule has 0 amide bonds. The molecule has 2 aliphatic rings. The molecule has 4 atom stereocenters. The number of anilines is 1. The minimum absolute atomic E-state index is 0. The molecule has 2 aliphatic heterocycles. The molecule has 0 spiro atoms. The predicted octanol–water partition coefficient (Wildman–Crippen LogP) is 1.28. The molecular formula is C21H31Cl3FN5O3. The number of aromatic nitrogens is 2. The highest BCUT2D eigenvalue weighted by Crippen LogP contribution is 2.27. The van der Waals surface area contributed by atoms with Crippen LogP contribution >= 0.6 is 37.2 Å². The first kappa shape index (κ1) is 29.7. The molecule has 3 N–H and O–H groups in total. The molecule has 1 aromatic heterocycles. The van der Waals surface area contributed by atoms with E-state index in [2.05, 4.69) is 25.1 Å². The van der Waals surface area contributed by atoms with E-state index in [0.717, 1.165) is 31.7 Å². The van der Waals surface area contributed by atoms with Gasteiger partial charge in [0.1, 0.15) is 18.0 Å². The van der Waals surface area contributed by atoms with E-state index in [-0.39, 0.29) is 61.8 Å². The van der Waals surface area contributed by atoms with Crippen LogP contribution in [-0.4, -0.2) is 88.8 Å². The highest BCUT2D eigenvalue weighted by atomic mass is 35.5. The van der Waals surface area contributed by atoms with Gasteiger partial charge in [-0.15, -0.1) is 37.2 Å². The van der Waals surface area contributed by atoms with Gasteiger partial charge in [0.25, 0.3) is 0 Å². The molecule has 12 heteroatoms. The number of nitrogens with zero attached hydrogens (tertiary/aromatic N) is 4. The average Bonchev–Trinajstić information content (AvgIpc) is 3.11. The van der Waals surface area contributed by atoms with Crippen molar-refractivity contribution in [2.75, 3.05) is 44.2 Å². The summed E-state index contributed by atoms with van der Waals surface area (Å²) >= 11 is 0. The lowest BCUT2D eigenvalue weighted by atomic mass is 10.0. The lowest BCUT2D eigenvalue weighted by Gasteiger charge is -2.40. The maximum absolute atomic E-state index is 13.1. The van der Waals surface area contributed by atoms with E-state index in [1.807, 2.05) is 0 Å². The summed E-state index contributed by atoms with van der Waals surface area (Å²) in [5.74, 6) is 0.456. The number of aliphatic hydroxyl groups excluding tert-OH is 2. The fraction of sp³-hybridized carbons (Fsp3) is 0.524. The van der Waals surface area contributed by atoms with Gasteiger partial charge in [-0.3, -0.25) is 4.90 Å². The fourth-order valence-corrected chi connectivity index (χ4v) is 4.23. The van der Waals surface area contributed by atoms with Crippen LogP contribution < -0.4 is 10.2 Å². The van der Waals surface area contributed by atoms with Crippen molar-refractivity contribution in [3.05, 3.63) is 54.1 Å². The summed E-state index contributed by atoms with van der Waals surface area (Å²) in [5.41, 5.74) is 0.974. The average molecular weight is 527 g/mol. The summed E-state index contributed by atoms with van der Waals surface area (Å²) in [5, 5.41) is 23.7. The number of benzene rings is 1. The number of hydrogen-bond acceptors (Lipinski definition) is 8. The highest BCUT2D eigenvalue weighted by molar-refractivity contribution is 5.86. The maximum atomic E-state index is 13.1. The number of rotatable bonds is 7. The zero-order chi connectivity index (χ0) is 20.9. The van der Waals surface area contributed by atoms with Gasteiger partial charge in [-0.1, -0.05) is 12.1 Å². The van der Waals surface area contributed by atoms with Crippen molar-refractivity contribution < 1.29 is 19.3 Å². The topological polar surface area (TPSA) is 94.0 Å². The quantitative estimate of drug-likeness (QED) is 0.497. The second-order valence-electron chi connectivity index (χ2n) is 7.71. The van der Waals surface area contributed by atoms with Crippen LogP contribution in [0.1, 0.15) is 5.56 Å². The Morgan fingerprint density at radius 3 is 2.24 bits per heavy atom. The minimum Gasteiger partial charge on any atom is -0.394 e. The van der Waals surface area contributed by atoms with Gasteiger partial charge in [0.05, 0.1) is 18.8 Å². The molecule has 2 aromatic rings. The normalized spacial score (nSPS) is 25.0. The van der Waals surface area contributed by atoms with Crippen molar-refractivity contribution >= 4 is 43.2 Å². The maximum Gasteiger partial charge on any atom is 0.225 e. The molecule has 8 nitrogen and oxygen atoms in total. The second kappa shape index (κ2) is 14.2. The Kier molecular flexibility index (Phi) is 12.8. The molecule has 0 bridgehead atoms. The molecule has 33 heavy (non-hydrogen) atoms. The Bertz CT molecular complexity index is 803. The largest absolute Gasteiger partial charge is 0.394 e. The summed E-state index contributed by atoms with van der Waals surface area (Å²) < 4.78 is 19.0. The summed E-state index contributed by atoms with van der Waals surface area (Å²) in [6.07, 6.45) is 1.86. The first-order valence-corrected chi connectivity index (χ1v) is 10.3. The van der Waals surface area contributed by atoms with E-state index >= 15 is 0 Å². The second-order valence-corrected chi connectivity index (χ2v) is 7.71. The van der Waals surface area contributed by atoms with Gasteiger partial charge in [-0.25, -0.2) is 14.4 Å². The number of piperazine rings is 1. The molecular weight excluding hydrogens is 496 g/mol. The van der Waals surface area contributed by atoms with Gasteiger partial charge >= 0.3 is 0 Å². The summed E-state index contributed by atoms with van der Waals surface area (Å²) in [6.45, 7) is 3.89. The van der Waals surface area contributed by atoms with Crippen LogP contribution in [0.25, 0.3) is 0 Å². The standard InChI is InChI=1S/C21H28FN5O3.3ClH/c22-16-4-2-15(3-5-16)12-23-13-17-19(20(29)18(14-28)30-17)26-8-10-27(11-9-26)21-24-6-1-7-25-21;;;/h1-7,17-20,23,28-29H,8-14H2;3*1H/t17-,18+,19+,20-;;;/m1.../s1. The van der Waals surface area contributed by atoms with E-state index in [1.54, 1.807) is 30.6 Å². The molecule has 0 aliphatic carbocycles. The number of halogens is 4. The Labute approximate surface area is 211 Å². The van der Waals surface area contributed by atoms with Gasteiger partial charge in [-0.2, -0.15) is 0 Å². The molecule has 0 radical (unpaired) electrons. The predicted molar refractivity (Wildman–Crippen MR) is 131 cm³/mol. The Morgan fingerprint density at radius 2 is 1.64 bits per heavy atom. The van der Waals surface area contributed by atoms with Crippen LogP contribution in [-0.2, 0) is 11.3 Å². The zero-order valence-corrected chi connectivity index (χ0v) is 20.4. The zero-order valence-electron chi connectivity index (χ0n) is 18.0. The smallest absolute Gasteiger partial charge is 0.225 e. The Hall–Kier alpha value is -1.30. The van der Waals surface area contributed by atoms with Crippen LogP contribution in [0.2, 0.25) is 0 Å². The van der Waals surface area contributed by atoms with E-state index in [0.29, 0.717) is 19.0 Å². The number of hydrogen-bond donors (Lipinski definition) is 3. The molecule has 1 aromatic carbocycles. The van der Waals surface area contributed by atoms with E-state index in [9.17, 15) is 14.6 Å². The molecule has 0 saturated carbocycles. The molecule has 186 valence electrons. The van der Waals surface area contributed by atoms with Gasteiger partial charge in [0.2, 0.25) is 5.95 Å². The first-order valence-electron chi connectivity index (χ1n) is 10.3. The highest BCUT2D eigenvalue weighted by Gasteiger charge is 2.46. The van der Waals surface area contributed by atoms with Gasteiger partial charge in [-0.05, 0) is 23.8 Å². The molecule has 2 fully saturated rings. The van der Waals surface area contributed by atoms with Crippen molar-refractivity contribution in [1.29, 1.82) is 0 Å². The van der Waals surface area contributed by atoms with Crippen molar-refractivity contribution in [2.24, 2.45) is 0 Å². The fourth-order valence-electron chi connectivity index (χ4n) is 4.23. The van der Waals surface area contributed by atoms with Crippen molar-refractivity contribution in [1.82, 2.24) is 20.2 Å². The van der Waals surface area contributed by atoms with Crippen LogP contribution in [0, 0.1) is 5.82 Å². The first-order chi connectivity index (χ1) is 14.7. The van der Waals surface area contributed by atoms with Crippen molar-refractivity contribution in [3.63, 3.8) is 0 Å².